The van der Waals surface area contributed by atoms with Gasteiger partial charge in [0.2, 0.25) is 11.8 Å². The number of carbonyl (C=O) groups is 3. The summed E-state index contributed by atoms with van der Waals surface area (Å²) in [6, 6.07) is 4.43. The Morgan fingerprint density at radius 1 is 1.05 bits per heavy atom. The topological polar surface area (TPSA) is 87.7 Å². The lowest BCUT2D eigenvalue weighted by Crippen LogP contribution is -2.53. The smallest absolute Gasteiger partial charge is 0.408 e. The number of amides is 3. The Bertz CT molecular complexity index is 869. The second kappa shape index (κ2) is 16.6. The molecule has 7 nitrogen and oxygen atoms in total. The molecule has 0 saturated carbocycles. The zero-order valence-electron chi connectivity index (χ0n) is 24.2. The van der Waals surface area contributed by atoms with E-state index < -0.39 is 23.8 Å². The first-order chi connectivity index (χ1) is 17.4. The van der Waals surface area contributed by atoms with Crippen molar-refractivity contribution in [3.05, 3.63) is 34.9 Å². The van der Waals surface area contributed by atoms with Crippen LogP contribution in [0, 0.1) is 13.8 Å². The molecule has 0 aliphatic carbocycles. The van der Waals surface area contributed by atoms with Crippen molar-refractivity contribution in [1.29, 1.82) is 0 Å². The van der Waals surface area contributed by atoms with Crippen LogP contribution in [-0.2, 0) is 14.3 Å². The minimum atomic E-state index is -0.792. The second-order valence-corrected chi connectivity index (χ2v) is 11.6. The Labute approximate surface area is 228 Å². The van der Waals surface area contributed by atoms with Gasteiger partial charge in [-0.15, -0.1) is 0 Å². The van der Waals surface area contributed by atoms with E-state index in [1.807, 2.05) is 38.3 Å². The fourth-order valence-corrected chi connectivity index (χ4v) is 4.50. The molecular formula is C29H49N3O4S. The Kier molecular flexibility index (Phi) is 14.7. The molecule has 0 aliphatic rings. The maximum Gasteiger partial charge on any atom is 0.408 e. The van der Waals surface area contributed by atoms with E-state index in [4.69, 9.17) is 4.74 Å². The first-order valence-electron chi connectivity index (χ1n) is 13.6. The Balaban J connectivity index is 3.45. The lowest BCUT2D eigenvalue weighted by atomic mass is 9.95. The van der Waals surface area contributed by atoms with Crippen molar-refractivity contribution < 1.29 is 19.1 Å². The number of thioether (sulfide) groups is 1. The minimum absolute atomic E-state index is 0.185. The van der Waals surface area contributed by atoms with Crippen LogP contribution in [0.1, 0.15) is 95.9 Å². The summed E-state index contributed by atoms with van der Waals surface area (Å²) < 4.78 is 5.46. The maximum atomic E-state index is 14.1. The number of hydrogen-bond donors (Lipinski definition) is 2. The molecule has 2 N–H and O–H groups in total. The van der Waals surface area contributed by atoms with E-state index in [2.05, 4.69) is 24.5 Å². The van der Waals surface area contributed by atoms with Crippen LogP contribution in [0.25, 0.3) is 0 Å². The number of aryl methyl sites for hydroxylation is 2. The van der Waals surface area contributed by atoms with E-state index in [-0.39, 0.29) is 11.8 Å². The second-order valence-electron chi connectivity index (χ2n) is 10.6. The molecule has 0 heterocycles. The summed E-state index contributed by atoms with van der Waals surface area (Å²) in [4.78, 5) is 42.1. The number of unbranched alkanes of at least 4 members (excludes halogenated alkanes) is 3. The van der Waals surface area contributed by atoms with Gasteiger partial charge in [0.25, 0.3) is 0 Å². The van der Waals surface area contributed by atoms with Crippen molar-refractivity contribution in [3.63, 3.8) is 0 Å². The van der Waals surface area contributed by atoms with Crippen molar-refractivity contribution in [2.24, 2.45) is 0 Å². The predicted molar refractivity (Wildman–Crippen MR) is 154 cm³/mol. The zero-order valence-corrected chi connectivity index (χ0v) is 25.1. The average molecular weight is 536 g/mol. The van der Waals surface area contributed by atoms with Crippen molar-refractivity contribution in [2.45, 2.75) is 105 Å². The lowest BCUT2D eigenvalue weighted by Gasteiger charge is -2.35. The molecule has 2 atom stereocenters. The Morgan fingerprint density at radius 2 is 1.73 bits per heavy atom. The van der Waals surface area contributed by atoms with Crippen LogP contribution in [0.15, 0.2) is 18.2 Å². The van der Waals surface area contributed by atoms with Gasteiger partial charge in [0.15, 0.2) is 0 Å². The summed E-state index contributed by atoms with van der Waals surface area (Å²) in [6.07, 6.45) is 6.38. The number of carbonyl (C=O) groups excluding carboxylic acids is 3. The highest BCUT2D eigenvalue weighted by molar-refractivity contribution is 7.98. The molecule has 1 rings (SSSR count). The highest BCUT2D eigenvalue weighted by Crippen LogP contribution is 2.27. The molecule has 37 heavy (non-hydrogen) atoms. The third-order valence-corrected chi connectivity index (χ3v) is 6.65. The van der Waals surface area contributed by atoms with Gasteiger partial charge in [-0.1, -0.05) is 56.9 Å². The molecule has 0 fully saturated rings. The van der Waals surface area contributed by atoms with Crippen LogP contribution in [0.5, 0.6) is 0 Å². The van der Waals surface area contributed by atoms with Crippen molar-refractivity contribution >= 4 is 29.7 Å². The largest absolute Gasteiger partial charge is 0.444 e. The van der Waals surface area contributed by atoms with E-state index in [9.17, 15) is 14.4 Å². The molecule has 0 aromatic heterocycles. The van der Waals surface area contributed by atoms with Crippen LogP contribution < -0.4 is 10.6 Å². The number of nitrogens with zero attached hydrogens (tertiary/aromatic N) is 1. The zero-order chi connectivity index (χ0) is 28.0. The molecule has 0 bridgehead atoms. The minimum Gasteiger partial charge on any atom is -0.444 e. The summed E-state index contributed by atoms with van der Waals surface area (Å²) in [5.74, 6) is 0.239. The van der Waals surface area contributed by atoms with Gasteiger partial charge in [-0.25, -0.2) is 4.79 Å². The van der Waals surface area contributed by atoms with Crippen LogP contribution in [-0.4, -0.2) is 59.5 Å². The molecule has 3 amide bonds. The third kappa shape index (κ3) is 11.8. The molecule has 1 aromatic rings. The van der Waals surface area contributed by atoms with E-state index in [1.54, 1.807) is 37.4 Å². The van der Waals surface area contributed by atoms with E-state index in [0.717, 1.165) is 48.8 Å². The standard InChI is InChI=1S/C29H49N3O4S/c1-9-11-13-17-30-26(33)25(23-20-21(3)14-15-22(23)4)32(18-12-10-2)27(34)24(16-19-37-8)31-28(35)36-29(5,6)7/h14-15,20,24-25H,9-13,16-19H2,1-8H3,(H,30,33)(H,31,35). The van der Waals surface area contributed by atoms with Crippen molar-refractivity contribution in [3.8, 4) is 0 Å². The van der Waals surface area contributed by atoms with Crippen LogP contribution in [0.2, 0.25) is 0 Å². The maximum absolute atomic E-state index is 14.1. The highest BCUT2D eigenvalue weighted by atomic mass is 32.2. The molecule has 0 spiro atoms. The monoisotopic (exact) mass is 535 g/mol. The molecule has 0 radical (unpaired) electrons. The van der Waals surface area contributed by atoms with E-state index >= 15 is 0 Å². The van der Waals surface area contributed by atoms with Gasteiger partial charge in [0.1, 0.15) is 17.7 Å². The van der Waals surface area contributed by atoms with Gasteiger partial charge < -0.3 is 20.3 Å². The summed E-state index contributed by atoms with van der Waals surface area (Å²) in [5.41, 5.74) is 2.12. The Hall–Kier alpha value is -2.22. The normalized spacial score (nSPS) is 13.0. The molecule has 0 saturated heterocycles. The SMILES string of the molecule is CCCCCNC(=O)C(c1cc(C)ccc1C)N(CCCC)C(=O)C(CCSC)NC(=O)OC(C)(C)C. The first-order valence-corrected chi connectivity index (χ1v) is 15.0. The van der Waals surface area contributed by atoms with Gasteiger partial charge in [0.05, 0.1) is 0 Å². The third-order valence-electron chi connectivity index (χ3n) is 6.00. The Morgan fingerprint density at radius 3 is 2.32 bits per heavy atom. The summed E-state index contributed by atoms with van der Waals surface area (Å²) in [5, 5.41) is 5.88. The van der Waals surface area contributed by atoms with E-state index in [1.165, 1.54) is 0 Å². The number of nitrogens with one attached hydrogen (secondary N) is 2. The summed E-state index contributed by atoms with van der Waals surface area (Å²) >= 11 is 1.61. The summed E-state index contributed by atoms with van der Waals surface area (Å²) in [6.45, 7) is 14.5. The molecule has 210 valence electrons. The molecule has 2 unspecified atom stereocenters. The van der Waals surface area contributed by atoms with Crippen LogP contribution >= 0.6 is 11.8 Å². The number of hydrogen-bond acceptors (Lipinski definition) is 5. The van der Waals surface area contributed by atoms with Crippen molar-refractivity contribution in [1.82, 2.24) is 15.5 Å². The number of rotatable bonds is 15. The number of ether oxygens (including phenoxy) is 1. The highest BCUT2D eigenvalue weighted by Gasteiger charge is 2.36. The average Bonchev–Trinajstić information content (AvgIpc) is 2.82. The molecule has 8 heteroatoms. The lowest BCUT2D eigenvalue weighted by molar-refractivity contribution is -0.142. The molecule has 0 aliphatic heterocycles. The van der Waals surface area contributed by atoms with Gasteiger partial charge in [-0.3, -0.25) is 9.59 Å². The van der Waals surface area contributed by atoms with E-state index in [0.29, 0.717) is 25.3 Å². The number of alkyl carbamates (subject to hydrolysis) is 1. The van der Waals surface area contributed by atoms with Gasteiger partial charge in [-0.2, -0.15) is 11.8 Å². The molecule has 1 aromatic carbocycles. The first kappa shape index (κ1) is 32.8. The quantitative estimate of drug-likeness (QED) is 0.272. The fourth-order valence-electron chi connectivity index (χ4n) is 4.03. The molecular weight excluding hydrogens is 486 g/mol. The van der Waals surface area contributed by atoms with Gasteiger partial charge in [0, 0.05) is 13.1 Å². The van der Waals surface area contributed by atoms with Gasteiger partial charge in [-0.05, 0) is 77.0 Å². The fraction of sp³-hybridized carbons (Fsp3) is 0.690. The predicted octanol–water partition coefficient (Wildman–Crippen LogP) is 5.93. The summed E-state index contributed by atoms with van der Waals surface area (Å²) in [7, 11) is 0. The van der Waals surface area contributed by atoms with Crippen LogP contribution in [0.4, 0.5) is 4.79 Å². The number of benzene rings is 1. The van der Waals surface area contributed by atoms with Crippen molar-refractivity contribution in [2.75, 3.05) is 25.1 Å². The van der Waals surface area contributed by atoms with Crippen LogP contribution in [0.3, 0.4) is 0 Å². The van der Waals surface area contributed by atoms with Gasteiger partial charge >= 0.3 is 6.09 Å².